The Morgan fingerprint density at radius 1 is 1.20 bits per heavy atom. The Hall–Kier alpha value is -2.14. The van der Waals surface area contributed by atoms with E-state index in [1.165, 1.54) is 0 Å². The second-order valence-corrected chi connectivity index (χ2v) is 4.86. The molecule has 0 aliphatic carbocycles. The minimum Gasteiger partial charge on any atom is -0.483 e. The number of hydrogen-bond acceptors (Lipinski definition) is 3. The topological polar surface area (TPSA) is 55.4 Å². The van der Waals surface area contributed by atoms with Gasteiger partial charge in [-0.05, 0) is 46.3 Å². The Kier molecular flexibility index (Phi) is 4.90. The lowest BCUT2D eigenvalue weighted by Crippen LogP contribution is -2.20. The first-order valence-corrected chi connectivity index (χ1v) is 6.71. The molecule has 2 aromatic carbocycles. The third-order valence-electron chi connectivity index (χ3n) is 2.51. The second-order valence-electron chi connectivity index (χ2n) is 4.01. The largest absolute Gasteiger partial charge is 0.483 e. The van der Waals surface area contributed by atoms with E-state index in [-0.39, 0.29) is 12.5 Å². The molecule has 2 rings (SSSR count). The monoisotopic (exact) mass is 333 g/mol. The highest BCUT2D eigenvalue weighted by Crippen LogP contribution is 2.25. The zero-order valence-electron chi connectivity index (χ0n) is 10.5. The number of halogens is 1. The van der Waals surface area contributed by atoms with Crippen molar-refractivity contribution in [3.05, 3.63) is 58.6 Å². The molecule has 0 bridgehead atoms. The van der Waals surface area contributed by atoms with Gasteiger partial charge in [-0.1, -0.05) is 18.2 Å². The Morgan fingerprint density at radius 2 is 1.95 bits per heavy atom. The maximum absolute atomic E-state index is 11.7. The van der Waals surface area contributed by atoms with Crippen molar-refractivity contribution in [2.75, 3.05) is 11.9 Å². The number of rotatable bonds is 5. The van der Waals surface area contributed by atoms with Crippen molar-refractivity contribution >= 4 is 33.8 Å². The first kappa shape index (κ1) is 14.3. The van der Waals surface area contributed by atoms with Gasteiger partial charge >= 0.3 is 0 Å². The molecule has 0 radical (unpaired) electrons. The summed E-state index contributed by atoms with van der Waals surface area (Å²) in [6.07, 6.45) is 0.747. The van der Waals surface area contributed by atoms with E-state index in [4.69, 9.17) is 4.74 Å². The highest BCUT2D eigenvalue weighted by Gasteiger charge is 2.06. The Bertz CT molecular complexity index is 614. The molecule has 0 unspecified atom stereocenters. The van der Waals surface area contributed by atoms with E-state index >= 15 is 0 Å². The fraction of sp³-hybridized carbons (Fsp3) is 0.0667. The van der Waals surface area contributed by atoms with Crippen LogP contribution in [0.5, 0.6) is 5.75 Å². The lowest BCUT2D eigenvalue weighted by molar-refractivity contribution is -0.118. The predicted molar refractivity (Wildman–Crippen MR) is 80.1 cm³/mol. The normalized spacial score (nSPS) is 9.85. The summed E-state index contributed by atoms with van der Waals surface area (Å²) in [6, 6.07) is 14.1. The van der Waals surface area contributed by atoms with Gasteiger partial charge in [0, 0.05) is 11.3 Å². The summed E-state index contributed by atoms with van der Waals surface area (Å²) in [7, 11) is 0. The predicted octanol–water partition coefficient (Wildman–Crippen LogP) is 3.28. The van der Waals surface area contributed by atoms with Crippen LogP contribution in [0.2, 0.25) is 0 Å². The molecule has 0 aliphatic heterocycles. The van der Waals surface area contributed by atoms with Gasteiger partial charge in [-0.25, -0.2) is 0 Å². The smallest absolute Gasteiger partial charge is 0.262 e. The van der Waals surface area contributed by atoms with E-state index in [0.717, 1.165) is 12.0 Å². The van der Waals surface area contributed by atoms with E-state index in [1.807, 2.05) is 18.2 Å². The van der Waals surface area contributed by atoms with Crippen LogP contribution in [-0.4, -0.2) is 18.8 Å². The molecule has 0 fully saturated rings. The van der Waals surface area contributed by atoms with Gasteiger partial charge in [-0.2, -0.15) is 0 Å². The molecule has 4 nitrogen and oxygen atoms in total. The summed E-state index contributed by atoms with van der Waals surface area (Å²) < 4.78 is 6.03. The molecular weight excluding hydrogens is 322 g/mol. The quantitative estimate of drug-likeness (QED) is 0.854. The summed E-state index contributed by atoms with van der Waals surface area (Å²) in [5, 5.41) is 2.72. The number of ether oxygens (including phenoxy) is 1. The van der Waals surface area contributed by atoms with Gasteiger partial charge in [0.2, 0.25) is 0 Å². The lowest BCUT2D eigenvalue weighted by Gasteiger charge is -2.09. The van der Waals surface area contributed by atoms with Crippen molar-refractivity contribution < 1.29 is 14.3 Å². The van der Waals surface area contributed by atoms with Crippen LogP contribution >= 0.6 is 15.9 Å². The lowest BCUT2D eigenvalue weighted by atomic mass is 10.2. The molecule has 0 spiro atoms. The number of para-hydroxylation sites is 1. The standard InChI is InChI=1S/C15H12BrNO3/c16-13-8-11(9-18)6-7-14(13)20-10-15(19)17-12-4-2-1-3-5-12/h1-9H,10H2,(H,17,19). The van der Waals surface area contributed by atoms with Crippen molar-refractivity contribution in [3.8, 4) is 5.75 Å². The highest BCUT2D eigenvalue weighted by atomic mass is 79.9. The fourth-order valence-corrected chi connectivity index (χ4v) is 2.08. The van der Waals surface area contributed by atoms with Crippen molar-refractivity contribution in [2.24, 2.45) is 0 Å². The third kappa shape index (κ3) is 3.93. The summed E-state index contributed by atoms with van der Waals surface area (Å²) >= 11 is 3.29. The van der Waals surface area contributed by atoms with Gasteiger partial charge < -0.3 is 10.1 Å². The minimum atomic E-state index is -0.248. The van der Waals surface area contributed by atoms with Crippen LogP contribution < -0.4 is 10.1 Å². The molecule has 1 N–H and O–H groups in total. The summed E-state index contributed by atoms with van der Waals surface area (Å²) in [6.45, 7) is -0.103. The van der Waals surface area contributed by atoms with Gasteiger partial charge in [-0.15, -0.1) is 0 Å². The molecule has 5 heteroatoms. The van der Waals surface area contributed by atoms with Crippen molar-refractivity contribution in [2.45, 2.75) is 0 Å². The SMILES string of the molecule is O=Cc1ccc(OCC(=O)Nc2ccccc2)c(Br)c1. The van der Waals surface area contributed by atoms with Gasteiger partial charge in [0.25, 0.3) is 5.91 Å². The fourth-order valence-electron chi connectivity index (χ4n) is 1.57. The average Bonchev–Trinajstić information content (AvgIpc) is 2.47. The Morgan fingerprint density at radius 3 is 2.60 bits per heavy atom. The number of aldehydes is 1. The number of carbonyl (C=O) groups excluding carboxylic acids is 2. The Balaban J connectivity index is 1.92. The number of benzene rings is 2. The molecule has 0 saturated heterocycles. The van der Waals surface area contributed by atoms with Gasteiger partial charge in [0.1, 0.15) is 12.0 Å². The number of carbonyl (C=O) groups is 2. The van der Waals surface area contributed by atoms with Crippen molar-refractivity contribution in [1.29, 1.82) is 0 Å². The molecule has 1 amide bonds. The highest BCUT2D eigenvalue weighted by molar-refractivity contribution is 9.10. The van der Waals surface area contributed by atoms with Gasteiger partial charge in [-0.3, -0.25) is 9.59 Å². The Labute approximate surface area is 124 Å². The van der Waals surface area contributed by atoms with Crippen LogP contribution in [0, 0.1) is 0 Å². The molecule has 0 aromatic heterocycles. The molecule has 102 valence electrons. The number of amides is 1. The number of nitrogens with one attached hydrogen (secondary N) is 1. The summed E-state index contributed by atoms with van der Waals surface area (Å²) in [5.74, 6) is 0.265. The maximum Gasteiger partial charge on any atom is 0.262 e. The van der Waals surface area contributed by atoms with Crippen molar-refractivity contribution in [1.82, 2.24) is 0 Å². The van der Waals surface area contributed by atoms with E-state index < -0.39 is 0 Å². The molecule has 2 aromatic rings. The van der Waals surface area contributed by atoms with Crippen LogP contribution in [0.15, 0.2) is 53.0 Å². The first-order chi connectivity index (χ1) is 9.69. The van der Waals surface area contributed by atoms with Crippen LogP contribution in [0.3, 0.4) is 0 Å². The third-order valence-corrected chi connectivity index (χ3v) is 3.13. The van der Waals surface area contributed by atoms with E-state index in [2.05, 4.69) is 21.2 Å². The van der Waals surface area contributed by atoms with Crippen molar-refractivity contribution in [3.63, 3.8) is 0 Å². The average molecular weight is 334 g/mol. The van der Waals surface area contributed by atoms with Gasteiger partial charge in [0.05, 0.1) is 4.47 Å². The minimum absolute atomic E-state index is 0.103. The maximum atomic E-state index is 11.7. The first-order valence-electron chi connectivity index (χ1n) is 5.91. The van der Waals surface area contributed by atoms with Gasteiger partial charge in [0.15, 0.2) is 6.61 Å². The molecule has 0 heterocycles. The van der Waals surface area contributed by atoms with Crippen LogP contribution in [0.1, 0.15) is 10.4 Å². The summed E-state index contributed by atoms with van der Waals surface area (Å²) in [4.78, 5) is 22.3. The zero-order valence-corrected chi connectivity index (χ0v) is 12.1. The molecule has 0 saturated carbocycles. The molecular formula is C15H12BrNO3. The summed E-state index contributed by atoms with van der Waals surface area (Å²) in [5.41, 5.74) is 1.26. The van der Waals surface area contributed by atoms with E-state index in [0.29, 0.717) is 15.8 Å². The molecule has 20 heavy (non-hydrogen) atoms. The molecule has 0 atom stereocenters. The van der Waals surface area contributed by atoms with E-state index in [9.17, 15) is 9.59 Å². The van der Waals surface area contributed by atoms with Crippen LogP contribution in [0.4, 0.5) is 5.69 Å². The van der Waals surface area contributed by atoms with Crippen LogP contribution in [-0.2, 0) is 4.79 Å². The van der Waals surface area contributed by atoms with E-state index in [1.54, 1.807) is 30.3 Å². The molecule has 0 aliphatic rings. The number of anilines is 1. The number of hydrogen-bond donors (Lipinski definition) is 1. The second kappa shape index (κ2) is 6.86. The van der Waals surface area contributed by atoms with Crippen LogP contribution in [0.25, 0.3) is 0 Å². The zero-order chi connectivity index (χ0) is 14.4.